The van der Waals surface area contributed by atoms with E-state index in [1.807, 2.05) is 0 Å². The van der Waals surface area contributed by atoms with E-state index < -0.39 is 46.0 Å². The van der Waals surface area contributed by atoms with Crippen molar-refractivity contribution in [2.75, 3.05) is 5.73 Å². The van der Waals surface area contributed by atoms with Crippen molar-refractivity contribution in [1.82, 2.24) is 25.5 Å². The number of carbonyl (C=O) groups excluding carboxylic acids is 3. The molecule has 2 aromatic rings. The second-order valence-corrected chi connectivity index (χ2v) is 15.5. The molecule has 0 spiro atoms. The number of β-lactam (4-membered cyclic amide) rings is 1. The molecule has 14 heteroatoms. The minimum absolute atomic E-state index is 0.0606. The van der Waals surface area contributed by atoms with Gasteiger partial charge in [-0.05, 0) is 57.2 Å². The van der Waals surface area contributed by atoms with E-state index in [1.54, 1.807) is 20.0 Å². The number of rotatable bonds is 19. The van der Waals surface area contributed by atoms with E-state index in [0.717, 1.165) is 31.4 Å². The Morgan fingerprint density at radius 1 is 1.02 bits per heavy atom. The van der Waals surface area contributed by atoms with Crippen molar-refractivity contribution in [3.05, 3.63) is 41.7 Å². The monoisotopic (exact) mass is 715 g/mol. The van der Waals surface area contributed by atoms with Crippen LogP contribution in [0, 0.1) is 0 Å². The normalized spacial score (nSPS) is 19.6. The van der Waals surface area contributed by atoms with Gasteiger partial charge in [-0.1, -0.05) is 77.3 Å². The maximum absolute atomic E-state index is 12.3. The van der Waals surface area contributed by atoms with Gasteiger partial charge in [0.05, 0.1) is 6.20 Å². The first-order valence-corrected chi connectivity index (χ1v) is 18.8. The van der Waals surface area contributed by atoms with Crippen molar-refractivity contribution < 1.29 is 29.4 Å². The number of anilines is 1. The smallest absolute Gasteiger partial charge is 0.327 e. The fraction of sp³-hybridized carbons (Fsp3) is 0.639. The van der Waals surface area contributed by atoms with Crippen LogP contribution in [0.5, 0.6) is 5.75 Å². The molecule has 0 bridgehead atoms. The van der Waals surface area contributed by atoms with Crippen LogP contribution in [0.3, 0.4) is 0 Å². The quantitative estimate of drug-likeness (QED) is 0.0781. The zero-order chi connectivity index (χ0) is 36.8. The molecule has 1 aromatic carbocycles. The number of nitrogens with two attached hydrogens (primary N) is 2. The number of aryl methyl sites for hydroxylation is 1. The summed E-state index contributed by atoms with van der Waals surface area (Å²) >= 11 is 1.35. The molecule has 13 nitrogen and oxygen atoms in total. The Balaban J connectivity index is 0.000000270. The van der Waals surface area contributed by atoms with Gasteiger partial charge in [0.2, 0.25) is 17.7 Å². The molecule has 9 N–H and O–H groups in total. The average Bonchev–Trinajstić information content (AvgIpc) is 3.60. The zero-order valence-electron chi connectivity index (χ0n) is 30.0. The van der Waals surface area contributed by atoms with Crippen LogP contribution in [-0.4, -0.2) is 77.0 Å². The van der Waals surface area contributed by atoms with Crippen molar-refractivity contribution in [3.8, 4) is 5.75 Å². The van der Waals surface area contributed by atoms with Crippen molar-refractivity contribution in [3.63, 3.8) is 0 Å². The number of thioether (sulfide) groups is 1. The van der Waals surface area contributed by atoms with Crippen molar-refractivity contribution in [2.45, 2.75) is 145 Å². The number of hydrogen-bond donors (Lipinski definition) is 7. The van der Waals surface area contributed by atoms with Gasteiger partial charge in [-0.25, -0.2) is 9.78 Å². The number of amides is 3. The summed E-state index contributed by atoms with van der Waals surface area (Å²) in [7, 11) is 0. The first kappa shape index (κ1) is 40.6. The highest BCUT2D eigenvalue weighted by molar-refractivity contribution is 8.01. The average molecular weight is 716 g/mol. The predicted octanol–water partition coefficient (Wildman–Crippen LogP) is 4.76. The number of hydrogen-bond acceptors (Lipinski definition) is 9. The van der Waals surface area contributed by atoms with Gasteiger partial charge in [0.25, 0.3) is 0 Å². The highest BCUT2D eigenvalue weighted by Gasteiger charge is 2.64. The van der Waals surface area contributed by atoms with E-state index in [9.17, 15) is 29.4 Å². The Morgan fingerprint density at radius 2 is 1.64 bits per heavy atom. The van der Waals surface area contributed by atoms with Gasteiger partial charge < -0.3 is 42.2 Å². The Bertz CT molecular complexity index is 1390. The van der Waals surface area contributed by atoms with Crippen LogP contribution in [0.15, 0.2) is 30.5 Å². The van der Waals surface area contributed by atoms with E-state index in [2.05, 4.69) is 34.4 Å². The summed E-state index contributed by atoms with van der Waals surface area (Å²) in [6.45, 7) is 8.00. The molecule has 4 rings (SSSR count). The summed E-state index contributed by atoms with van der Waals surface area (Å²) in [5, 5.41) is 24.1. The number of aromatic amines is 1. The molecule has 3 amide bonds. The third-order valence-corrected chi connectivity index (χ3v) is 10.8. The summed E-state index contributed by atoms with van der Waals surface area (Å²) < 4.78 is -0.648. The lowest BCUT2D eigenvalue weighted by atomic mass is 9.95. The van der Waals surface area contributed by atoms with Gasteiger partial charge >= 0.3 is 5.97 Å². The molecule has 4 atom stereocenters. The van der Waals surface area contributed by atoms with Crippen LogP contribution in [0.4, 0.5) is 5.95 Å². The fourth-order valence-electron chi connectivity index (χ4n) is 6.39. The van der Waals surface area contributed by atoms with Gasteiger partial charge in [-0.3, -0.25) is 14.4 Å². The van der Waals surface area contributed by atoms with Crippen LogP contribution in [0.25, 0.3) is 0 Å². The molecule has 0 radical (unpaired) electrons. The number of carbonyl (C=O) groups is 4. The fourth-order valence-corrected chi connectivity index (χ4v) is 8.01. The lowest BCUT2D eigenvalue weighted by Gasteiger charge is -2.43. The molecule has 2 aliphatic heterocycles. The molecule has 50 heavy (non-hydrogen) atoms. The van der Waals surface area contributed by atoms with E-state index in [4.69, 9.17) is 11.5 Å². The van der Waals surface area contributed by atoms with Gasteiger partial charge in [0.15, 0.2) is 5.95 Å². The largest absolute Gasteiger partial charge is 0.508 e. The summed E-state index contributed by atoms with van der Waals surface area (Å²) in [5.74, 6) is -1.31. The number of nitrogen functional groups attached to an aromatic ring is 1. The Hall–Kier alpha value is -3.78. The number of phenols is 1. The number of phenolic OH excluding ortho intramolecular Hbond substituents is 1. The number of aliphatic carboxylic acids is 1. The molecular weight excluding hydrogens is 659 g/mol. The topological polar surface area (TPSA) is 217 Å². The third kappa shape index (κ3) is 11.6. The first-order chi connectivity index (χ1) is 23.8. The Labute approximate surface area is 300 Å². The van der Waals surface area contributed by atoms with E-state index in [0.29, 0.717) is 24.0 Å². The predicted molar refractivity (Wildman–Crippen MR) is 196 cm³/mol. The van der Waals surface area contributed by atoms with Gasteiger partial charge in [0, 0.05) is 22.9 Å². The number of H-pyrrole nitrogens is 1. The minimum atomic E-state index is -1.06. The molecule has 3 heterocycles. The summed E-state index contributed by atoms with van der Waals surface area (Å²) in [4.78, 5) is 56.7. The van der Waals surface area contributed by atoms with Gasteiger partial charge in [-0.2, -0.15) is 0 Å². The number of carboxylic acids is 1. The molecule has 2 fully saturated rings. The lowest BCUT2D eigenvalue weighted by molar-refractivity contribution is -0.161. The minimum Gasteiger partial charge on any atom is -0.508 e. The van der Waals surface area contributed by atoms with E-state index in [1.165, 1.54) is 92.3 Å². The van der Waals surface area contributed by atoms with Crippen LogP contribution < -0.4 is 22.1 Å². The van der Waals surface area contributed by atoms with E-state index >= 15 is 0 Å². The van der Waals surface area contributed by atoms with Gasteiger partial charge in [0.1, 0.15) is 29.2 Å². The maximum atomic E-state index is 12.3. The van der Waals surface area contributed by atoms with E-state index in [-0.39, 0.29) is 11.7 Å². The Morgan fingerprint density at radius 3 is 2.18 bits per heavy atom. The number of aromatic nitrogens is 2. The number of nitrogens with one attached hydrogen (secondary N) is 3. The molecule has 1 aromatic heterocycles. The van der Waals surface area contributed by atoms with Crippen LogP contribution in [-0.2, 0) is 25.6 Å². The van der Waals surface area contributed by atoms with Crippen LogP contribution in [0.2, 0.25) is 0 Å². The molecule has 0 unspecified atom stereocenters. The molecule has 2 aliphatic rings. The number of aromatic hydroxyl groups is 1. The Kier molecular flexibility index (Phi) is 15.9. The number of nitrogens with zero attached hydrogens (tertiary/aromatic N) is 2. The SMILES string of the molecule is CC1(C)S[C@@H]2[C@H](NC(=O)[C@H](N)c3ccc(O)cc3)C(=O)N2[C@H]1C(=O)O.CCCCCCC(CCCCCC)NC(=O)CCCc1cnc(N)[nH]1. The number of carboxylic acid groups (broad SMARTS) is 1. The molecule has 278 valence electrons. The van der Waals surface area contributed by atoms with Crippen molar-refractivity contribution >= 4 is 41.4 Å². The first-order valence-electron chi connectivity index (χ1n) is 17.9. The number of unbranched alkanes of at least 4 members (excludes halogenated alkanes) is 6. The second-order valence-electron chi connectivity index (χ2n) is 13.8. The van der Waals surface area contributed by atoms with Crippen LogP contribution in [0.1, 0.15) is 122 Å². The van der Waals surface area contributed by atoms with Crippen LogP contribution >= 0.6 is 11.8 Å². The summed E-state index contributed by atoms with van der Waals surface area (Å²) in [6.07, 6.45) is 16.3. The summed E-state index contributed by atoms with van der Waals surface area (Å²) in [5.41, 5.74) is 13.0. The second kappa shape index (κ2) is 19.6. The summed E-state index contributed by atoms with van der Waals surface area (Å²) in [6, 6.07) is 3.56. The zero-order valence-corrected chi connectivity index (χ0v) is 30.8. The number of imidazole rings is 1. The molecular formula is C36H57N7O6S. The molecule has 2 saturated heterocycles. The molecule has 0 saturated carbocycles. The van der Waals surface area contributed by atoms with Crippen molar-refractivity contribution in [2.24, 2.45) is 5.73 Å². The highest BCUT2D eigenvalue weighted by Crippen LogP contribution is 2.50. The maximum Gasteiger partial charge on any atom is 0.327 e. The number of fused-ring (bicyclic) bond motifs is 1. The third-order valence-electron chi connectivity index (χ3n) is 9.18. The lowest BCUT2D eigenvalue weighted by Crippen LogP contribution is -2.71. The number of benzene rings is 1. The van der Waals surface area contributed by atoms with Gasteiger partial charge in [-0.15, -0.1) is 11.8 Å². The molecule has 0 aliphatic carbocycles. The highest BCUT2D eigenvalue weighted by atomic mass is 32.2. The standard InChI is InChI=1S/C20H38N4O.C16H19N3O5S/c1-3-5-7-9-12-17(13-10-8-6-4-2)23-19(25)15-11-14-18-16-22-20(21)24-18;1-16(2)11(15(23)24)19-13(22)10(14(19)25-16)18-12(21)9(17)7-3-5-8(20)6-4-7/h16-17H,3-15H2,1-2H3,(H,23,25)(H3,21,22,24);3-6,9-11,14,20H,17H2,1-2H3,(H,18,21)(H,23,24)/t;9-,10-,11+,14-/m.1/s1. The van der Waals surface area contributed by atoms with Crippen molar-refractivity contribution in [1.29, 1.82) is 0 Å².